The molecule has 0 aliphatic carbocycles. The molecule has 0 radical (unpaired) electrons. The molecule has 0 saturated carbocycles. The summed E-state index contributed by atoms with van der Waals surface area (Å²) in [5, 5.41) is 0. The maximum absolute atomic E-state index is 4.50. The van der Waals surface area contributed by atoms with Crippen LogP contribution in [0, 0.1) is 0 Å². The van der Waals surface area contributed by atoms with Gasteiger partial charge in [-0.1, -0.05) is 6.92 Å². The molecular weight excluding hydrogens is 236 g/mol. The quantitative estimate of drug-likeness (QED) is 0.821. The second kappa shape index (κ2) is 5.45. The molecule has 3 rings (SSSR count). The van der Waals surface area contributed by atoms with Crippen LogP contribution in [0.25, 0.3) is 11.3 Å². The van der Waals surface area contributed by atoms with E-state index < -0.39 is 0 Å². The molecule has 0 fully saturated rings. The van der Waals surface area contributed by atoms with Gasteiger partial charge in [0.2, 0.25) is 0 Å². The second-order valence-electron chi connectivity index (χ2n) is 4.82. The zero-order valence-corrected chi connectivity index (χ0v) is 11.2. The second-order valence-corrected chi connectivity index (χ2v) is 4.82. The molecule has 1 aliphatic rings. The molecule has 0 saturated heterocycles. The first-order valence-corrected chi connectivity index (χ1v) is 6.84. The summed E-state index contributed by atoms with van der Waals surface area (Å²) < 4.78 is 0. The van der Waals surface area contributed by atoms with Crippen LogP contribution in [-0.2, 0) is 12.8 Å². The SMILES string of the molecule is CCN1CCc2ncnc(-c3ccncc3)c2CC1. The van der Waals surface area contributed by atoms with Crippen LogP contribution in [0.3, 0.4) is 0 Å². The Balaban J connectivity index is 2.01. The maximum Gasteiger partial charge on any atom is 0.116 e. The van der Waals surface area contributed by atoms with Gasteiger partial charge in [0.1, 0.15) is 6.33 Å². The minimum absolute atomic E-state index is 1.02. The summed E-state index contributed by atoms with van der Waals surface area (Å²) in [4.78, 5) is 15.5. The van der Waals surface area contributed by atoms with Crippen molar-refractivity contribution in [1.29, 1.82) is 0 Å². The largest absolute Gasteiger partial charge is 0.303 e. The number of pyridine rings is 1. The molecule has 0 N–H and O–H groups in total. The van der Waals surface area contributed by atoms with Crippen LogP contribution >= 0.6 is 0 Å². The van der Waals surface area contributed by atoms with Crippen molar-refractivity contribution in [2.75, 3.05) is 19.6 Å². The first kappa shape index (κ1) is 12.2. The Kier molecular flexibility index (Phi) is 3.51. The Bertz CT molecular complexity index is 553. The first-order chi connectivity index (χ1) is 9.38. The van der Waals surface area contributed by atoms with E-state index in [-0.39, 0.29) is 0 Å². The van der Waals surface area contributed by atoms with Crippen molar-refractivity contribution >= 4 is 0 Å². The van der Waals surface area contributed by atoms with Gasteiger partial charge in [0.25, 0.3) is 0 Å². The highest BCUT2D eigenvalue weighted by atomic mass is 15.1. The van der Waals surface area contributed by atoms with Gasteiger partial charge in [-0.2, -0.15) is 0 Å². The molecule has 3 heterocycles. The zero-order chi connectivity index (χ0) is 13.1. The molecule has 0 bridgehead atoms. The van der Waals surface area contributed by atoms with Gasteiger partial charge >= 0.3 is 0 Å². The van der Waals surface area contributed by atoms with Crippen LogP contribution in [0.2, 0.25) is 0 Å². The number of aromatic nitrogens is 3. The number of fused-ring (bicyclic) bond motifs is 1. The third-order valence-corrected chi connectivity index (χ3v) is 3.78. The number of hydrogen-bond acceptors (Lipinski definition) is 4. The smallest absolute Gasteiger partial charge is 0.116 e. The fraction of sp³-hybridized carbons (Fsp3) is 0.400. The summed E-state index contributed by atoms with van der Waals surface area (Å²) >= 11 is 0. The standard InChI is InChI=1S/C15H18N4/c1-2-19-9-5-13-14(6-10-19)17-11-18-15(13)12-3-7-16-8-4-12/h3-4,7-8,11H,2,5-6,9-10H2,1H3. The van der Waals surface area contributed by atoms with Crippen LogP contribution in [0.15, 0.2) is 30.9 Å². The molecule has 2 aromatic rings. The van der Waals surface area contributed by atoms with E-state index in [1.54, 1.807) is 6.33 Å². The Morgan fingerprint density at radius 2 is 1.89 bits per heavy atom. The fourth-order valence-corrected chi connectivity index (χ4v) is 2.65. The summed E-state index contributed by atoms with van der Waals surface area (Å²) in [6, 6.07) is 4.04. The van der Waals surface area contributed by atoms with E-state index in [9.17, 15) is 0 Å². The van der Waals surface area contributed by atoms with Crippen molar-refractivity contribution in [1.82, 2.24) is 19.9 Å². The molecule has 0 amide bonds. The fourth-order valence-electron chi connectivity index (χ4n) is 2.65. The summed E-state index contributed by atoms with van der Waals surface area (Å²) in [7, 11) is 0. The minimum atomic E-state index is 1.02. The molecule has 0 atom stereocenters. The zero-order valence-electron chi connectivity index (χ0n) is 11.2. The summed E-state index contributed by atoms with van der Waals surface area (Å²) in [6.45, 7) is 5.50. The van der Waals surface area contributed by atoms with Gasteiger partial charge in [0.15, 0.2) is 0 Å². The molecule has 4 heteroatoms. The molecular formula is C15H18N4. The van der Waals surface area contributed by atoms with Gasteiger partial charge < -0.3 is 4.90 Å². The van der Waals surface area contributed by atoms with Gasteiger partial charge in [-0.25, -0.2) is 9.97 Å². The maximum atomic E-state index is 4.50. The Hall–Kier alpha value is -1.81. The van der Waals surface area contributed by atoms with Crippen molar-refractivity contribution in [3.63, 3.8) is 0 Å². The molecule has 0 unspecified atom stereocenters. The average Bonchev–Trinajstić information content (AvgIpc) is 2.70. The number of hydrogen-bond donors (Lipinski definition) is 0. The minimum Gasteiger partial charge on any atom is -0.303 e. The lowest BCUT2D eigenvalue weighted by Gasteiger charge is -2.16. The molecule has 0 aromatic carbocycles. The molecule has 4 nitrogen and oxygen atoms in total. The van der Waals surface area contributed by atoms with E-state index in [4.69, 9.17) is 0 Å². The predicted molar refractivity (Wildman–Crippen MR) is 74.8 cm³/mol. The van der Waals surface area contributed by atoms with E-state index in [0.717, 1.165) is 43.7 Å². The highest BCUT2D eigenvalue weighted by Crippen LogP contribution is 2.25. The Morgan fingerprint density at radius 1 is 1.11 bits per heavy atom. The van der Waals surface area contributed by atoms with E-state index in [1.807, 2.05) is 24.5 Å². The monoisotopic (exact) mass is 254 g/mol. The van der Waals surface area contributed by atoms with Crippen LogP contribution in [0.5, 0.6) is 0 Å². The van der Waals surface area contributed by atoms with Gasteiger partial charge in [-0.3, -0.25) is 4.98 Å². The first-order valence-electron chi connectivity index (χ1n) is 6.84. The summed E-state index contributed by atoms with van der Waals surface area (Å²) in [5.74, 6) is 0. The lowest BCUT2D eigenvalue weighted by atomic mass is 10.0. The van der Waals surface area contributed by atoms with Crippen molar-refractivity contribution in [3.05, 3.63) is 42.1 Å². The molecule has 0 spiro atoms. The molecule has 1 aliphatic heterocycles. The lowest BCUT2D eigenvalue weighted by molar-refractivity contribution is 0.303. The van der Waals surface area contributed by atoms with Gasteiger partial charge in [0, 0.05) is 48.7 Å². The Labute approximate surface area is 113 Å². The van der Waals surface area contributed by atoms with Crippen molar-refractivity contribution in [2.45, 2.75) is 19.8 Å². The number of nitrogens with zero attached hydrogens (tertiary/aromatic N) is 4. The van der Waals surface area contributed by atoms with E-state index >= 15 is 0 Å². The summed E-state index contributed by atoms with van der Waals surface area (Å²) in [6.07, 6.45) is 7.37. The molecule has 2 aromatic heterocycles. The summed E-state index contributed by atoms with van der Waals surface area (Å²) in [5.41, 5.74) is 4.73. The van der Waals surface area contributed by atoms with E-state index in [1.165, 1.54) is 11.3 Å². The van der Waals surface area contributed by atoms with E-state index in [0.29, 0.717) is 0 Å². The topological polar surface area (TPSA) is 41.9 Å². The van der Waals surface area contributed by atoms with Crippen molar-refractivity contribution < 1.29 is 0 Å². The highest BCUT2D eigenvalue weighted by Gasteiger charge is 2.18. The van der Waals surface area contributed by atoms with Crippen LogP contribution in [0.4, 0.5) is 0 Å². The average molecular weight is 254 g/mol. The van der Waals surface area contributed by atoms with Crippen molar-refractivity contribution in [2.24, 2.45) is 0 Å². The predicted octanol–water partition coefficient (Wildman–Crippen LogP) is 1.96. The normalized spacial score (nSPS) is 15.8. The lowest BCUT2D eigenvalue weighted by Crippen LogP contribution is -2.25. The van der Waals surface area contributed by atoms with Gasteiger partial charge in [-0.15, -0.1) is 0 Å². The molecule has 98 valence electrons. The van der Waals surface area contributed by atoms with Gasteiger partial charge in [0.05, 0.1) is 5.69 Å². The number of likely N-dealkylation sites (N-methyl/N-ethyl adjacent to an activating group) is 1. The highest BCUT2D eigenvalue weighted by molar-refractivity contribution is 5.63. The van der Waals surface area contributed by atoms with Gasteiger partial charge in [-0.05, 0) is 25.1 Å². The van der Waals surface area contributed by atoms with E-state index in [2.05, 4.69) is 26.8 Å². The van der Waals surface area contributed by atoms with Crippen LogP contribution < -0.4 is 0 Å². The van der Waals surface area contributed by atoms with Crippen LogP contribution in [0.1, 0.15) is 18.2 Å². The third kappa shape index (κ3) is 2.49. The Morgan fingerprint density at radius 3 is 2.68 bits per heavy atom. The van der Waals surface area contributed by atoms with Crippen molar-refractivity contribution in [3.8, 4) is 11.3 Å². The van der Waals surface area contributed by atoms with Crippen LogP contribution in [-0.4, -0.2) is 39.5 Å². The third-order valence-electron chi connectivity index (χ3n) is 3.78. The molecule has 19 heavy (non-hydrogen) atoms. The number of rotatable bonds is 2.